The van der Waals surface area contributed by atoms with Gasteiger partial charge in [0.2, 0.25) is 5.89 Å². The van der Waals surface area contributed by atoms with Gasteiger partial charge in [-0.25, -0.2) is 9.78 Å². The average molecular weight is 609 g/mol. The number of ether oxygens (including phenoxy) is 1. The van der Waals surface area contributed by atoms with E-state index in [2.05, 4.69) is 44.8 Å². The summed E-state index contributed by atoms with van der Waals surface area (Å²) in [5.74, 6) is 3.35. The quantitative estimate of drug-likeness (QED) is 0.224. The number of amides is 1. The molecule has 3 N–H and O–H groups in total. The molecule has 0 aliphatic heterocycles. The average Bonchev–Trinajstić information content (AvgIpc) is 3.51. The van der Waals surface area contributed by atoms with Crippen molar-refractivity contribution in [2.24, 2.45) is 23.2 Å². The van der Waals surface area contributed by atoms with Gasteiger partial charge in [0.05, 0.1) is 23.8 Å². The number of oxazole rings is 1. The summed E-state index contributed by atoms with van der Waals surface area (Å²) < 4.78 is 12.4. The molecule has 0 saturated heterocycles. The number of aliphatic hydroxyl groups is 2. The van der Waals surface area contributed by atoms with E-state index in [0.29, 0.717) is 37.1 Å². The fourth-order valence-corrected chi connectivity index (χ4v) is 8.87. The molecule has 5 rings (SSSR count). The van der Waals surface area contributed by atoms with Crippen LogP contribution >= 0.6 is 0 Å². The molecule has 0 spiro atoms. The van der Waals surface area contributed by atoms with Crippen molar-refractivity contribution >= 4 is 6.09 Å². The number of aromatic nitrogens is 1. The molecule has 4 saturated carbocycles. The van der Waals surface area contributed by atoms with Crippen molar-refractivity contribution in [1.29, 1.82) is 0 Å². The number of hydrogen-bond acceptors (Lipinski definition) is 6. The zero-order valence-corrected chi connectivity index (χ0v) is 27.6. The Bertz CT molecular complexity index is 1230. The van der Waals surface area contributed by atoms with E-state index in [0.717, 1.165) is 74.2 Å². The molecule has 7 atom stereocenters. The van der Waals surface area contributed by atoms with E-state index in [9.17, 15) is 15.0 Å². The number of alkyl carbamates (subject to hydrolysis) is 1. The standard InChI is InChI=1S/C37H56N2O5/c1-6-8-11-29-23-39-34(43-29)37(19-20-37)33(44-35(42)38-7-2)17-12-24(3)30-15-16-31-26(10-9-18-36(30,31)5)13-14-27-21-28(40)22-32(41)25(27)4/h13-14,23-24,28,30-33,40-41H,4,6-12,15-22H2,1-3,5H3,(H,38,42)/t24-,28-,30-,31+,32+,33-,36-/m1/s1. The lowest BCUT2D eigenvalue weighted by molar-refractivity contribution is 0.0471. The minimum Gasteiger partial charge on any atom is -0.445 e. The SMILES string of the molecule is C=C1C(=CC=C2CCC[C@]3(C)[C@@H]([C@H](C)CC[C@@H](OC(=O)NCC)C4(c5ncc(CCCC)o5)CC4)CC[C@@H]23)C[C@@H](O)C[C@@H]1O. The Kier molecular flexibility index (Phi) is 10.5. The molecule has 1 heterocycles. The van der Waals surface area contributed by atoms with Crippen LogP contribution in [0.5, 0.6) is 0 Å². The number of rotatable bonds is 12. The molecule has 0 bridgehead atoms. The lowest BCUT2D eigenvalue weighted by Gasteiger charge is -2.44. The van der Waals surface area contributed by atoms with Crippen molar-refractivity contribution in [1.82, 2.24) is 10.3 Å². The minimum atomic E-state index is -0.654. The van der Waals surface area contributed by atoms with E-state index in [-0.39, 0.29) is 23.0 Å². The third kappa shape index (κ3) is 6.89. The Labute approximate surface area is 264 Å². The van der Waals surface area contributed by atoms with E-state index in [1.807, 2.05) is 13.1 Å². The molecule has 1 amide bonds. The molecule has 4 aliphatic carbocycles. The van der Waals surface area contributed by atoms with E-state index in [4.69, 9.17) is 14.1 Å². The van der Waals surface area contributed by atoms with Gasteiger partial charge in [0.15, 0.2) is 0 Å². The highest BCUT2D eigenvalue weighted by Crippen LogP contribution is 2.60. The number of fused-ring (bicyclic) bond motifs is 1. The zero-order valence-electron chi connectivity index (χ0n) is 27.6. The third-order valence-electron chi connectivity index (χ3n) is 11.6. The maximum atomic E-state index is 12.7. The molecule has 7 nitrogen and oxygen atoms in total. The summed E-state index contributed by atoms with van der Waals surface area (Å²) in [6, 6.07) is 0. The van der Waals surface area contributed by atoms with Crippen LogP contribution in [0.25, 0.3) is 0 Å². The first-order chi connectivity index (χ1) is 21.1. The maximum absolute atomic E-state index is 12.7. The van der Waals surface area contributed by atoms with Gasteiger partial charge in [0.1, 0.15) is 11.9 Å². The maximum Gasteiger partial charge on any atom is 0.407 e. The second-order valence-electron chi connectivity index (χ2n) is 14.5. The van der Waals surface area contributed by atoms with Crippen LogP contribution in [-0.4, -0.2) is 46.1 Å². The first-order valence-corrected chi connectivity index (χ1v) is 17.5. The fourth-order valence-electron chi connectivity index (χ4n) is 8.87. The molecule has 7 heteroatoms. The topological polar surface area (TPSA) is 105 Å². The minimum absolute atomic E-state index is 0.245. The summed E-state index contributed by atoms with van der Waals surface area (Å²) >= 11 is 0. The monoisotopic (exact) mass is 608 g/mol. The summed E-state index contributed by atoms with van der Waals surface area (Å²) in [5, 5.41) is 23.3. The Balaban J connectivity index is 1.28. The third-order valence-corrected chi connectivity index (χ3v) is 11.6. The van der Waals surface area contributed by atoms with Gasteiger partial charge < -0.3 is 24.7 Å². The molecular formula is C37H56N2O5. The molecule has 4 fully saturated rings. The van der Waals surface area contributed by atoms with Crippen LogP contribution in [0.3, 0.4) is 0 Å². The van der Waals surface area contributed by atoms with Gasteiger partial charge in [-0.1, -0.05) is 51.5 Å². The molecule has 1 aromatic rings. The number of aryl methyl sites for hydroxylation is 1. The molecule has 0 radical (unpaired) electrons. The number of nitrogens with one attached hydrogen (secondary N) is 1. The molecule has 1 aromatic heterocycles. The Hall–Kier alpha value is -2.38. The van der Waals surface area contributed by atoms with E-state index in [1.165, 1.54) is 31.3 Å². The van der Waals surface area contributed by atoms with Gasteiger partial charge in [-0.15, -0.1) is 0 Å². The second-order valence-corrected chi connectivity index (χ2v) is 14.5. The highest BCUT2D eigenvalue weighted by molar-refractivity contribution is 5.67. The van der Waals surface area contributed by atoms with Crippen molar-refractivity contribution in [2.75, 3.05) is 6.54 Å². The van der Waals surface area contributed by atoms with Gasteiger partial charge >= 0.3 is 6.09 Å². The van der Waals surface area contributed by atoms with E-state index in [1.54, 1.807) is 0 Å². The van der Waals surface area contributed by atoms with Crippen LogP contribution in [0, 0.1) is 23.2 Å². The molecule has 0 aromatic carbocycles. The Morgan fingerprint density at radius 3 is 2.75 bits per heavy atom. The summed E-state index contributed by atoms with van der Waals surface area (Å²) in [6.07, 6.45) is 18.2. The smallest absolute Gasteiger partial charge is 0.407 e. The number of unbranched alkanes of at least 4 members (excludes halogenated alkanes) is 1. The van der Waals surface area contributed by atoms with Crippen LogP contribution in [0.15, 0.2) is 46.1 Å². The Morgan fingerprint density at radius 1 is 1.23 bits per heavy atom. The van der Waals surface area contributed by atoms with Crippen LogP contribution in [-0.2, 0) is 16.6 Å². The summed E-state index contributed by atoms with van der Waals surface area (Å²) in [6.45, 7) is 13.7. The van der Waals surface area contributed by atoms with Crippen molar-refractivity contribution in [3.05, 3.63) is 53.3 Å². The molecular weight excluding hydrogens is 552 g/mol. The predicted molar refractivity (Wildman–Crippen MR) is 173 cm³/mol. The second kappa shape index (κ2) is 13.9. The van der Waals surface area contributed by atoms with Gasteiger partial charge in [0.25, 0.3) is 0 Å². The summed E-state index contributed by atoms with van der Waals surface area (Å²) in [7, 11) is 0. The first-order valence-electron chi connectivity index (χ1n) is 17.5. The number of aliphatic hydroxyl groups excluding tert-OH is 2. The summed E-state index contributed by atoms with van der Waals surface area (Å²) in [5.41, 5.74) is 3.18. The number of nitrogens with zero attached hydrogens (tertiary/aromatic N) is 1. The normalized spacial score (nSPS) is 32.8. The van der Waals surface area contributed by atoms with Crippen molar-refractivity contribution in [3.8, 4) is 0 Å². The van der Waals surface area contributed by atoms with Crippen LogP contribution in [0.2, 0.25) is 0 Å². The zero-order chi connectivity index (χ0) is 31.5. The first kappa shape index (κ1) is 33.0. The predicted octanol–water partition coefficient (Wildman–Crippen LogP) is 7.72. The largest absolute Gasteiger partial charge is 0.445 e. The Morgan fingerprint density at radius 2 is 2.02 bits per heavy atom. The fraction of sp³-hybridized carbons (Fsp3) is 0.730. The van der Waals surface area contributed by atoms with Gasteiger partial charge in [-0.3, -0.25) is 0 Å². The van der Waals surface area contributed by atoms with Gasteiger partial charge in [-0.05, 0) is 112 Å². The molecule has 244 valence electrons. The number of hydrogen-bond donors (Lipinski definition) is 3. The molecule has 44 heavy (non-hydrogen) atoms. The highest BCUT2D eigenvalue weighted by Gasteiger charge is 2.57. The van der Waals surface area contributed by atoms with Crippen LogP contribution in [0.4, 0.5) is 4.79 Å². The number of allylic oxidation sites excluding steroid dienone is 3. The van der Waals surface area contributed by atoms with Gasteiger partial charge in [-0.2, -0.15) is 0 Å². The lowest BCUT2D eigenvalue weighted by atomic mass is 9.60. The van der Waals surface area contributed by atoms with Crippen molar-refractivity contribution in [2.45, 2.75) is 141 Å². The van der Waals surface area contributed by atoms with E-state index >= 15 is 0 Å². The molecule has 4 aliphatic rings. The summed E-state index contributed by atoms with van der Waals surface area (Å²) in [4.78, 5) is 17.4. The van der Waals surface area contributed by atoms with Crippen LogP contribution < -0.4 is 5.32 Å². The lowest BCUT2D eigenvalue weighted by Crippen LogP contribution is -2.38. The van der Waals surface area contributed by atoms with Crippen molar-refractivity contribution in [3.63, 3.8) is 0 Å². The van der Waals surface area contributed by atoms with E-state index < -0.39 is 12.2 Å². The number of carbonyl (C=O) groups is 1. The highest BCUT2D eigenvalue weighted by atomic mass is 16.6. The van der Waals surface area contributed by atoms with Crippen molar-refractivity contribution < 1.29 is 24.2 Å². The van der Waals surface area contributed by atoms with Gasteiger partial charge in [0, 0.05) is 19.4 Å². The molecule has 0 unspecified atom stereocenters. The number of carbonyl (C=O) groups excluding carboxylic acids is 1. The van der Waals surface area contributed by atoms with Crippen LogP contribution in [0.1, 0.15) is 123 Å².